The number of carbonyl (C=O) groups excluding carboxylic acids is 1. The Bertz CT molecular complexity index is 1220. The highest BCUT2D eigenvalue weighted by Crippen LogP contribution is 2.29. The highest BCUT2D eigenvalue weighted by Gasteiger charge is 2.23. The third-order valence-corrected chi connectivity index (χ3v) is 7.53. The average Bonchev–Trinajstić information content (AvgIpc) is 2.74. The summed E-state index contributed by atoms with van der Waals surface area (Å²) in [7, 11) is -3.68. The lowest BCUT2D eigenvalue weighted by Gasteiger charge is -2.24. The fourth-order valence-electron chi connectivity index (χ4n) is 3.21. The molecule has 0 aliphatic rings. The fourth-order valence-corrected chi connectivity index (χ4v) is 5.15. The summed E-state index contributed by atoms with van der Waals surface area (Å²) in [4.78, 5) is 13.9. The number of carbonyl (C=O) groups is 1. The average molecular weight is 489 g/mol. The predicted molar refractivity (Wildman–Crippen MR) is 134 cm³/mol. The molecule has 8 heteroatoms. The predicted octanol–water partition coefficient (Wildman–Crippen LogP) is 5.65. The van der Waals surface area contributed by atoms with Gasteiger partial charge < -0.3 is 5.32 Å². The highest BCUT2D eigenvalue weighted by molar-refractivity contribution is 7.98. The standard InChI is InChI=1S/C24H25ClN2O3S2/c1-17-14-19(16-31-20-8-5-4-6-9-20)12-13-22(17)26-24(28)15-27(32(3,29)30)23-11-7-10-21(25)18(23)2/h4-14H,15-16H2,1-3H3,(H,26,28). The van der Waals surface area contributed by atoms with E-state index in [1.807, 2.05) is 43.3 Å². The van der Waals surface area contributed by atoms with E-state index in [2.05, 4.69) is 17.4 Å². The van der Waals surface area contributed by atoms with Crippen molar-refractivity contribution in [2.24, 2.45) is 0 Å². The van der Waals surface area contributed by atoms with Gasteiger partial charge in [-0.2, -0.15) is 0 Å². The number of hydrogen-bond donors (Lipinski definition) is 1. The number of nitrogens with zero attached hydrogens (tertiary/aromatic N) is 1. The van der Waals surface area contributed by atoms with Crippen LogP contribution in [-0.4, -0.2) is 27.1 Å². The van der Waals surface area contributed by atoms with Crippen LogP contribution in [0.2, 0.25) is 5.02 Å². The van der Waals surface area contributed by atoms with Crippen molar-refractivity contribution >= 4 is 50.7 Å². The Hall–Kier alpha value is -2.48. The van der Waals surface area contributed by atoms with E-state index in [9.17, 15) is 13.2 Å². The minimum absolute atomic E-state index is 0.342. The lowest BCUT2D eigenvalue weighted by Crippen LogP contribution is -2.38. The Morgan fingerprint density at radius 3 is 2.41 bits per heavy atom. The molecule has 32 heavy (non-hydrogen) atoms. The Kier molecular flexibility index (Phi) is 7.87. The summed E-state index contributed by atoms with van der Waals surface area (Å²) < 4.78 is 25.8. The lowest BCUT2D eigenvalue weighted by molar-refractivity contribution is -0.114. The number of sulfonamides is 1. The Labute approximate surface area is 198 Å². The molecule has 0 aliphatic carbocycles. The van der Waals surface area contributed by atoms with Crippen LogP contribution in [0.5, 0.6) is 0 Å². The van der Waals surface area contributed by atoms with Crippen LogP contribution in [0.15, 0.2) is 71.6 Å². The molecule has 0 unspecified atom stereocenters. The Morgan fingerprint density at radius 1 is 1.03 bits per heavy atom. The molecule has 0 fully saturated rings. The quantitative estimate of drug-likeness (QED) is 0.416. The summed E-state index contributed by atoms with van der Waals surface area (Å²) in [6.07, 6.45) is 1.07. The van der Waals surface area contributed by atoms with E-state index in [0.717, 1.165) is 27.4 Å². The maximum atomic E-state index is 12.7. The molecule has 0 spiro atoms. The van der Waals surface area contributed by atoms with Crippen molar-refractivity contribution in [2.45, 2.75) is 24.5 Å². The van der Waals surface area contributed by atoms with Crippen molar-refractivity contribution in [2.75, 3.05) is 22.4 Å². The number of halogens is 1. The van der Waals surface area contributed by atoms with Crippen LogP contribution in [-0.2, 0) is 20.6 Å². The summed E-state index contributed by atoms with van der Waals surface area (Å²) in [5.74, 6) is 0.388. The number of benzene rings is 3. The van der Waals surface area contributed by atoms with Gasteiger partial charge in [-0.1, -0.05) is 48.0 Å². The smallest absolute Gasteiger partial charge is 0.245 e. The van der Waals surface area contributed by atoms with Gasteiger partial charge in [-0.05, 0) is 60.9 Å². The van der Waals surface area contributed by atoms with E-state index >= 15 is 0 Å². The highest BCUT2D eigenvalue weighted by atomic mass is 35.5. The van der Waals surface area contributed by atoms with E-state index in [-0.39, 0.29) is 6.54 Å². The van der Waals surface area contributed by atoms with Crippen LogP contribution in [0.3, 0.4) is 0 Å². The van der Waals surface area contributed by atoms with Gasteiger partial charge in [0.15, 0.2) is 0 Å². The first kappa shape index (κ1) is 24.2. The molecule has 3 aromatic carbocycles. The molecule has 0 saturated heterocycles. The molecule has 3 aromatic rings. The first-order valence-electron chi connectivity index (χ1n) is 9.95. The SMILES string of the molecule is Cc1cc(CSc2ccccc2)ccc1NC(=O)CN(c1cccc(Cl)c1C)S(C)(=O)=O. The van der Waals surface area contributed by atoms with Crippen LogP contribution in [0.1, 0.15) is 16.7 Å². The molecule has 1 N–H and O–H groups in total. The molecule has 5 nitrogen and oxygen atoms in total. The molecule has 0 aromatic heterocycles. The lowest BCUT2D eigenvalue weighted by atomic mass is 10.1. The fraction of sp³-hybridized carbons (Fsp3) is 0.208. The molecule has 3 rings (SSSR count). The van der Waals surface area contributed by atoms with Gasteiger partial charge in [0.05, 0.1) is 11.9 Å². The summed E-state index contributed by atoms with van der Waals surface area (Å²) in [5.41, 5.74) is 3.69. The molecular weight excluding hydrogens is 464 g/mol. The molecule has 0 bridgehead atoms. The van der Waals surface area contributed by atoms with Crippen LogP contribution in [0.25, 0.3) is 0 Å². The normalized spacial score (nSPS) is 11.2. The van der Waals surface area contributed by atoms with Crippen LogP contribution >= 0.6 is 23.4 Å². The van der Waals surface area contributed by atoms with Gasteiger partial charge in [0.1, 0.15) is 6.54 Å². The zero-order valence-corrected chi connectivity index (χ0v) is 20.5. The minimum atomic E-state index is -3.68. The van der Waals surface area contributed by atoms with Crippen molar-refractivity contribution in [1.82, 2.24) is 0 Å². The molecule has 0 aliphatic heterocycles. The topological polar surface area (TPSA) is 66.5 Å². The van der Waals surface area contributed by atoms with Gasteiger partial charge >= 0.3 is 0 Å². The van der Waals surface area contributed by atoms with Crippen LogP contribution < -0.4 is 9.62 Å². The number of thioether (sulfide) groups is 1. The number of nitrogens with one attached hydrogen (secondary N) is 1. The van der Waals surface area contributed by atoms with Gasteiger partial charge in [-0.3, -0.25) is 9.10 Å². The molecule has 0 radical (unpaired) electrons. The first-order chi connectivity index (χ1) is 15.1. The molecule has 168 valence electrons. The third-order valence-electron chi connectivity index (χ3n) is 4.91. The second kappa shape index (κ2) is 10.4. The molecule has 1 amide bonds. The van der Waals surface area contributed by atoms with Crippen molar-refractivity contribution in [3.05, 3.63) is 88.4 Å². The van der Waals surface area contributed by atoms with Crippen molar-refractivity contribution in [3.63, 3.8) is 0 Å². The number of amides is 1. The van der Waals surface area contributed by atoms with E-state index in [1.165, 1.54) is 4.90 Å². The summed E-state index contributed by atoms with van der Waals surface area (Å²) >= 11 is 7.89. The number of hydrogen-bond acceptors (Lipinski definition) is 4. The third kappa shape index (κ3) is 6.28. The molecular formula is C24H25ClN2O3S2. The van der Waals surface area contributed by atoms with Crippen molar-refractivity contribution in [1.29, 1.82) is 0 Å². The molecule has 0 atom stereocenters. The first-order valence-corrected chi connectivity index (χ1v) is 13.2. The van der Waals surface area contributed by atoms with Gasteiger partial charge in [-0.15, -0.1) is 11.8 Å². The van der Waals surface area contributed by atoms with Gasteiger partial charge in [0.2, 0.25) is 15.9 Å². The van der Waals surface area contributed by atoms with Gasteiger partial charge in [0, 0.05) is 21.4 Å². The number of anilines is 2. The van der Waals surface area contributed by atoms with Crippen molar-refractivity contribution in [3.8, 4) is 0 Å². The van der Waals surface area contributed by atoms with Gasteiger partial charge in [-0.25, -0.2) is 8.42 Å². The Balaban J connectivity index is 1.70. The summed E-state index contributed by atoms with van der Waals surface area (Å²) in [5, 5.41) is 3.27. The van der Waals surface area contributed by atoms with Crippen molar-refractivity contribution < 1.29 is 13.2 Å². The monoisotopic (exact) mass is 488 g/mol. The number of aryl methyl sites for hydroxylation is 1. The second-order valence-corrected chi connectivity index (χ2v) is 10.8. The molecule has 0 saturated carbocycles. The summed E-state index contributed by atoms with van der Waals surface area (Å²) in [6.45, 7) is 3.30. The van der Waals surface area contributed by atoms with Crippen LogP contribution in [0.4, 0.5) is 11.4 Å². The Morgan fingerprint density at radius 2 is 1.75 bits per heavy atom. The zero-order valence-electron chi connectivity index (χ0n) is 18.1. The molecule has 0 heterocycles. The maximum Gasteiger partial charge on any atom is 0.245 e. The van der Waals surface area contributed by atoms with E-state index < -0.39 is 15.9 Å². The largest absolute Gasteiger partial charge is 0.324 e. The maximum absolute atomic E-state index is 12.7. The summed E-state index contributed by atoms with van der Waals surface area (Å²) in [6, 6.07) is 21.0. The van der Waals surface area contributed by atoms with Crippen LogP contribution in [0, 0.1) is 13.8 Å². The zero-order chi connectivity index (χ0) is 23.3. The minimum Gasteiger partial charge on any atom is -0.324 e. The van der Waals surface area contributed by atoms with E-state index in [1.54, 1.807) is 36.9 Å². The number of rotatable bonds is 8. The van der Waals surface area contributed by atoms with E-state index in [0.29, 0.717) is 22.0 Å². The van der Waals surface area contributed by atoms with E-state index in [4.69, 9.17) is 11.6 Å². The second-order valence-electron chi connectivity index (χ2n) is 7.45. The van der Waals surface area contributed by atoms with Gasteiger partial charge in [0.25, 0.3) is 0 Å².